The molecule has 14 heavy (non-hydrogen) atoms. The number of aromatic nitrogens is 2. The highest BCUT2D eigenvalue weighted by atomic mass is 19.1. The lowest BCUT2D eigenvalue weighted by atomic mass is 10.1. The smallest absolute Gasteiger partial charge is 0.213 e. The second-order valence-electron chi connectivity index (χ2n) is 2.72. The van der Waals surface area contributed by atoms with E-state index in [9.17, 15) is 8.78 Å². The molecule has 0 amide bonds. The molecular weight excluding hydrogens is 190 g/mol. The predicted octanol–water partition coefficient (Wildman–Crippen LogP) is 1.94. The molecule has 2 aromatic rings. The molecule has 0 fully saturated rings. The molecule has 0 spiro atoms. The van der Waals surface area contributed by atoms with Crippen LogP contribution in [0.4, 0.5) is 8.78 Å². The molecule has 1 aromatic carbocycles. The number of hydrogen-bond donors (Lipinski definition) is 0. The van der Waals surface area contributed by atoms with Crippen LogP contribution in [0.15, 0.2) is 29.1 Å². The van der Waals surface area contributed by atoms with Crippen molar-refractivity contribution < 1.29 is 13.3 Å². The fourth-order valence-corrected chi connectivity index (χ4v) is 1.13. The number of benzene rings is 1. The van der Waals surface area contributed by atoms with Crippen LogP contribution in [-0.2, 0) is 6.42 Å². The van der Waals surface area contributed by atoms with E-state index in [0.29, 0.717) is 0 Å². The topological polar surface area (TPSA) is 38.9 Å². The summed E-state index contributed by atoms with van der Waals surface area (Å²) in [5.41, 5.74) is -0.0473. The Bertz CT molecular complexity index is 408. The highest BCUT2D eigenvalue weighted by Crippen LogP contribution is 2.14. The van der Waals surface area contributed by atoms with Crippen LogP contribution in [0.5, 0.6) is 0 Å². The van der Waals surface area contributed by atoms with E-state index in [1.807, 2.05) is 0 Å². The van der Waals surface area contributed by atoms with Gasteiger partial charge >= 0.3 is 0 Å². The first-order chi connectivity index (χ1) is 6.77. The molecule has 0 radical (unpaired) electrons. The standard InChI is InChI=1S/C9H6F2N2O/c10-7-2-1-3-8(11)6(7)4-9-12-5-14-13-9/h1-3,5H,4H2. The minimum absolute atomic E-state index is 0.00495. The first-order valence-corrected chi connectivity index (χ1v) is 3.95. The fourth-order valence-electron chi connectivity index (χ4n) is 1.13. The van der Waals surface area contributed by atoms with Gasteiger partial charge in [-0.25, -0.2) is 8.78 Å². The lowest BCUT2D eigenvalue weighted by molar-refractivity contribution is 0.410. The van der Waals surface area contributed by atoms with Crippen molar-refractivity contribution in [2.45, 2.75) is 6.42 Å². The van der Waals surface area contributed by atoms with E-state index in [1.54, 1.807) is 0 Å². The molecule has 72 valence electrons. The Balaban J connectivity index is 2.33. The maximum absolute atomic E-state index is 13.1. The summed E-state index contributed by atoms with van der Waals surface area (Å²) in [6.07, 6.45) is 1.11. The Hall–Kier alpha value is -1.78. The van der Waals surface area contributed by atoms with Gasteiger partial charge in [-0.05, 0) is 12.1 Å². The van der Waals surface area contributed by atoms with E-state index in [2.05, 4.69) is 14.7 Å². The molecule has 2 rings (SSSR count). The van der Waals surface area contributed by atoms with Crippen LogP contribution in [0.25, 0.3) is 0 Å². The van der Waals surface area contributed by atoms with Gasteiger partial charge in [0.2, 0.25) is 6.39 Å². The average molecular weight is 196 g/mol. The molecule has 1 aromatic heterocycles. The lowest BCUT2D eigenvalue weighted by Crippen LogP contribution is -1.98. The van der Waals surface area contributed by atoms with Crippen molar-refractivity contribution in [2.24, 2.45) is 0 Å². The first-order valence-electron chi connectivity index (χ1n) is 3.95. The molecule has 0 saturated heterocycles. The van der Waals surface area contributed by atoms with Crippen LogP contribution in [0.1, 0.15) is 11.4 Å². The summed E-state index contributed by atoms with van der Waals surface area (Å²) >= 11 is 0. The van der Waals surface area contributed by atoms with Crippen LogP contribution >= 0.6 is 0 Å². The van der Waals surface area contributed by atoms with Crippen LogP contribution in [0.3, 0.4) is 0 Å². The van der Waals surface area contributed by atoms with Crippen LogP contribution < -0.4 is 0 Å². The monoisotopic (exact) mass is 196 g/mol. The van der Waals surface area contributed by atoms with Crippen molar-refractivity contribution in [2.75, 3.05) is 0 Å². The molecule has 0 aliphatic carbocycles. The molecule has 0 aliphatic rings. The largest absolute Gasteiger partial charge is 0.343 e. The number of rotatable bonds is 2. The third-order valence-corrected chi connectivity index (χ3v) is 1.80. The Morgan fingerprint density at radius 3 is 2.50 bits per heavy atom. The summed E-state index contributed by atoms with van der Waals surface area (Å²) in [4.78, 5) is 3.68. The van der Waals surface area contributed by atoms with Gasteiger partial charge < -0.3 is 4.52 Å². The maximum atomic E-state index is 13.1. The lowest BCUT2D eigenvalue weighted by Gasteiger charge is -2.00. The van der Waals surface area contributed by atoms with E-state index < -0.39 is 11.6 Å². The Morgan fingerprint density at radius 1 is 1.21 bits per heavy atom. The molecule has 0 N–H and O–H groups in total. The van der Waals surface area contributed by atoms with Gasteiger partial charge in [-0.1, -0.05) is 11.2 Å². The molecule has 0 unspecified atom stereocenters. The van der Waals surface area contributed by atoms with Crippen molar-refractivity contribution >= 4 is 0 Å². The van der Waals surface area contributed by atoms with E-state index in [4.69, 9.17) is 0 Å². The summed E-state index contributed by atoms with van der Waals surface area (Å²) in [5, 5.41) is 3.47. The Kier molecular flexibility index (Phi) is 2.22. The zero-order valence-electron chi connectivity index (χ0n) is 7.08. The fraction of sp³-hybridized carbons (Fsp3) is 0.111. The van der Waals surface area contributed by atoms with Gasteiger partial charge in [0.15, 0.2) is 5.82 Å². The molecule has 0 aliphatic heterocycles. The number of nitrogens with zero attached hydrogens (tertiary/aromatic N) is 2. The van der Waals surface area contributed by atoms with E-state index in [-0.39, 0.29) is 17.8 Å². The highest BCUT2D eigenvalue weighted by Gasteiger charge is 2.11. The third-order valence-electron chi connectivity index (χ3n) is 1.80. The quantitative estimate of drug-likeness (QED) is 0.736. The first kappa shape index (κ1) is 8.80. The van der Waals surface area contributed by atoms with Crippen LogP contribution in [0.2, 0.25) is 0 Å². The zero-order valence-corrected chi connectivity index (χ0v) is 7.08. The van der Waals surface area contributed by atoms with Gasteiger partial charge in [-0.3, -0.25) is 0 Å². The minimum Gasteiger partial charge on any atom is -0.343 e. The number of hydrogen-bond acceptors (Lipinski definition) is 3. The van der Waals surface area contributed by atoms with E-state index in [1.165, 1.54) is 18.2 Å². The van der Waals surface area contributed by atoms with Gasteiger partial charge in [-0.15, -0.1) is 0 Å². The zero-order chi connectivity index (χ0) is 9.97. The van der Waals surface area contributed by atoms with Crippen LogP contribution in [-0.4, -0.2) is 10.1 Å². The third kappa shape index (κ3) is 1.61. The summed E-state index contributed by atoms with van der Waals surface area (Å²) in [5.74, 6) is -0.946. The average Bonchev–Trinajstić information content (AvgIpc) is 2.64. The summed E-state index contributed by atoms with van der Waals surface area (Å²) in [7, 11) is 0. The second kappa shape index (κ2) is 3.53. The van der Waals surface area contributed by atoms with Crippen molar-refractivity contribution in [1.82, 2.24) is 10.1 Å². The van der Waals surface area contributed by atoms with Crippen molar-refractivity contribution in [3.05, 3.63) is 47.6 Å². The summed E-state index contributed by atoms with van der Waals surface area (Å²) < 4.78 is 30.7. The Labute approximate surface area is 78.4 Å². The van der Waals surface area contributed by atoms with E-state index >= 15 is 0 Å². The van der Waals surface area contributed by atoms with Gasteiger partial charge in [0.25, 0.3) is 0 Å². The highest BCUT2D eigenvalue weighted by molar-refractivity contribution is 5.22. The second-order valence-corrected chi connectivity index (χ2v) is 2.72. The summed E-state index contributed by atoms with van der Waals surface area (Å²) in [6, 6.07) is 3.70. The maximum Gasteiger partial charge on any atom is 0.213 e. The Morgan fingerprint density at radius 2 is 1.93 bits per heavy atom. The minimum atomic E-state index is -0.602. The predicted molar refractivity (Wildman–Crippen MR) is 43.5 cm³/mol. The molecule has 5 heteroatoms. The van der Waals surface area contributed by atoms with Crippen molar-refractivity contribution in [1.29, 1.82) is 0 Å². The number of halogens is 2. The SMILES string of the molecule is Fc1cccc(F)c1Cc1ncon1. The van der Waals surface area contributed by atoms with E-state index in [0.717, 1.165) is 6.39 Å². The van der Waals surface area contributed by atoms with Gasteiger partial charge in [-0.2, -0.15) is 4.98 Å². The van der Waals surface area contributed by atoms with Crippen molar-refractivity contribution in [3.63, 3.8) is 0 Å². The molecule has 0 saturated carbocycles. The van der Waals surface area contributed by atoms with Gasteiger partial charge in [0.1, 0.15) is 11.6 Å². The van der Waals surface area contributed by atoms with Gasteiger partial charge in [0.05, 0.1) is 0 Å². The van der Waals surface area contributed by atoms with Gasteiger partial charge in [0, 0.05) is 12.0 Å². The van der Waals surface area contributed by atoms with Crippen LogP contribution in [0, 0.1) is 11.6 Å². The molecular formula is C9H6F2N2O. The molecule has 0 atom stereocenters. The molecule has 1 heterocycles. The molecule has 0 bridgehead atoms. The normalized spacial score (nSPS) is 10.4. The van der Waals surface area contributed by atoms with Crippen molar-refractivity contribution in [3.8, 4) is 0 Å². The summed E-state index contributed by atoms with van der Waals surface area (Å²) in [6.45, 7) is 0. The molecule has 3 nitrogen and oxygen atoms in total.